The maximum atomic E-state index is 11.6. The lowest BCUT2D eigenvalue weighted by Gasteiger charge is -2.20. The Balaban J connectivity index is 2.61. The number of ether oxygens (including phenoxy) is 3. The van der Waals surface area contributed by atoms with Gasteiger partial charge in [0.25, 0.3) is 0 Å². The molecule has 0 saturated carbocycles. The smallest absolute Gasteiger partial charge is 0.378 e. The molecule has 8 nitrogen and oxygen atoms in total. The molecule has 0 aromatic heterocycles. The third kappa shape index (κ3) is 5.13. The molecule has 0 fully saturated rings. The summed E-state index contributed by atoms with van der Waals surface area (Å²) in [6.07, 6.45) is -0.416. The lowest BCUT2D eigenvalue weighted by molar-refractivity contribution is -0.151. The standard InChI is InChI=1S/C14H24O8/c1-2-3-4-5-20-10(7-16)12-11(18)13(14(19)22-12)21-8-9(17)6-15/h9-10,12,15-18H,2-8H2,1H3/t9?,10-,12+/m0/s1. The lowest BCUT2D eigenvalue weighted by atomic mass is 10.2. The molecule has 1 heterocycles. The van der Waals surface area contributed by atoms with E-state index in [0.29, 0.717) is 6.61 Å². The Morgan fingerprint density at radius 3 is 2.59 bits per heavy atom. The molecule has 1 unspecified atom stereocenters. The zero-order chi connectivity index (χ0) is 16.5. The molecule has 1 aliphatic heterocycles. The average Bonchev–Trinajstić information content (AvgIpc) is 2.80. The highest BCUT2D eigenvalue weighted by atomic mass is 16.6. The zero-order valence-electron chi connectivity index (χ0n) is 12.6. The van der Waals surface area contributed by atoms with Crippen molar-refractivity contribution < 1.29 is 39.4 Å². The van der Waals surface area contributed by atoms with E-state index in [-0.39, 0.29) is 6.61 Å². The van der Waals surface area contributed by atoms with Crippen molar-refractivity contribution in [1.29, 1.82) is 0 Å². The van der Waals surface area contributed by atoms with Crippen LogP contribution in [0, 0.1) is 0 Å². The Bertz CT molecular complexity index is 381. The van der Waals surface area contributed by atoms with Gasteiger partial charge in [-0.25, -0.2) is 4.79 Å². The van der Waals surface area contributed by atoms with Gasteiger partial charge in [-0.3, -0.25) is 0 Å². The third-order valence-electron chi connectivity index (χ3n) is 3.15. The summed E-state index contributed by atoms with van der Waals surface area (Å²) in [4.78, 5) is 11.6. The Labute approximate surface area is 128 Å². The summed E-state index contributed by atoms with van der Waals surface area (Å²) in [5.74, 6) is -1.82. The van der Waals surface area contributed by atoms with Crippen LogP contribution in [0.1, 0.15) is 26.2 Å². The van der Waals surface area contributed by atoms with Gasteiger partial charge in [0.15, 0.2) is 11.9 Å². The van der Waals surface area contributed by atoms with E-state index in [4.69, 9.17) is 19.3 Å². The van der Waals surface area contributed by atoms with Gasteiger partial charge in [0.1, 0.15) is 18.8 Å². The summed E-state index contributed by atoms with van der Waals surface area (Å²) in [6.45, 7) is 1.09. The first-order valence-corrected chi connectivity index (χ1v) is 7.33. The van der Waals surface area contributed by atoms with Crippen LogP contribution in [0.2, 0.25) is 0 Å². The Hall–Kier alpha value is -1.35. The molecule has 22 heavy (non-hydrogen) atoms. The van der Waals surface area contributed by atoms with Gasteiger partial charge in [-0.05, 0) is 6.42 Å². The van der Waals surface area contributed by atoms with Gasteiger partial charge in [-0.2, -0.15) is 0 Å². The molecule has 3 atom stereocenters. The molecule has 0 aromatic carbocycles. The minimum absolute atomic E-state index is 0.362. The fourth-order valence-corrected chi connectivity index (χ4v) is 1.90. The molecule has 0 radical (unpaired) electrons. The molecule has 0 bridgehead atoms. The monoisotopic (exact) mass is 320 g/mol. The normalized spacial score (nSPS) is 20.9. The molecule has 1 aliphatic rings. The number of hydrogen-bond donors (Lipinski definition) is 4. The van der Waals surface area contributed by atoms with Crippen molar-refractivity contribution in [2.75, 3.05) is 26.4 Å². The van der Waals surface area contributed by atoms with Crippen LogP contribution in [0.5, 0.6) is 0 Å². The van der Waals surface area contributed by atoms with Crippen LogP contribution in [-0.4, -0.2) is 71.1 Å². The van der Waals surface area contributed by atoms with Gasteiger partial charge in [0, 0.05) is 6.61 Å². The van der Waals surface area contributed by atoms with Crippen LogP contribution in [-0.2, 0) is 19.0 Å². The maximum absolute atomic E-state index is 11.6. The molecule has 0 spiro atoms. The summed E-state index contributed by atoms with van der Waals surface area (Å²) < 4.78 is 15.3. The van der Waals surface area contributed by atoms with Crippen molar-refractivity contribution in [3.05, 3.63) is 11.5 Å². The highest BCUT2D eigenvalue weighted by molar-refractivity contribution is 5.89. The van der Waals surface area contributed by atoms with E-state index in [1.807, 2.05) is 6.92 Å². The molecule has 4 N–H and O–H groups in total. The van der Waals surface area contributed by atoms with E-state index in [9.17, 15) is 20.1 Å². The number of cyclic esters (lactones) is 1. The van der Waals surface area contributed by atoms with Crippen LogP contribution in [0.3, 0.4) is 0 Å². The minimum atomic E-state index is -1.17. The maximum Gasteiger partial charge on any atom is 0.378 e. The van der Waals surface area contributed by atoms with E-state index in [1.165, 1.54) is 0 Å². The van der Waals surface area contributed by atoms with Crippen LogP contribution in [0.25, 0.3) is 0 Å². The van der Waals surface area contributed by atoms with Crippen molar-refractivity contribution in [3.8, 4) is 0 Å². The average molecular weight is 320 g/mol. The molecule has 128 valence electrons. The number of aliphatic hydroxyl groups excluding tert-OH is 4. The summed E-state index contributed by atoms with van der Waals surface area (Å²) in [6, 6.07) is 0. The highest BCUT2D eigenvalue weighted by Gasteiger charge is 2.41. The Morgan fingerprint density at radius 2 is 2.00 bits per heavy atom. The van der Waals surface area contributed by atoms with E-state index < -0.39 is 49.0 Å². The van der Waals surface area contributed by atoms with Gasteiger partial charge in [-0.1, -0.05) is 19.8 Å². The molecule has 0 aliphatic carbocycles. The van der Waals surface area contributed by atoms with Crippen molar-refractivity contribution in [3.63, 3.8) is 0 Å². The quantitative estimate of drug-likeness (QED) is 0.300. The fourth-order valence-electron chi connectivity index (χ4n) is 1.90. The van der Waals surface area contributed by atoms with Crippen molar-refractivity contribution in [2.45, 2.75) is 44.5 Å². The number of rotatable bonds is 11. The minimum Gasteiger partial charge on any atom is -0.505 e. The van der Waals surface area contributed by atoms with Crippen LogP contribution >= 0.6 is 0 Å². The predicted octanol–water partition coefficient (Wildman–Crippen LogP) is -0.381. The predicted molar refractivity (Wildman–Crippen MR) is 74.9 cm³/mol. The number of hydrogen-bond acceptors (Lipinski definition) is 8. The van der Waals surface area contributed by atoms with E-state index >= 15 is 0 Å². The van der Waals surface area contributed by atoms with E-state index in [0.717, 1.165) is 19.3 Å². The molecular weight excluding hydrogens is 296 g/mol. The van der Waals surface area contributed by atoms with Crippen LogP contribution in [0.15, 0.2) is 11.5 Å². The van der Waals surface area contributed by atoms with Gasteiger partial charge in [0.05, 0.1) is 13.2 Å². The SMILES string of the molecule is CCCCCO[C@@H](CO)[C@H]1OC(=O)C(OCC(O)CO)=C1O. The van der Waals surface area contributed by atoms with Crippen molar-refractivity contribution in [1.82, 2.24) is 0 Å². The summed E-state index contributed by atoms with van der Waals surface area (Å²) in [7, 11) is 0. The number of aliphatic hydroxyl groups is 4. The first kappa shape index (κ1) is 18.7. The number of carbonyl (C=O) groups excluding carboxylic acids is 1. The largest absolute Gasteiger partial charge is 0.505 e. The summed E-state index contributed by atoms with van der Waals surface area (Å²) >= 11 is 0. The lowest BCUT2D eigenvalue weighted by Crippen LogP contribution is -2.34. The third-order valence-corrected chi connectivity index (χ3v) is 3.15. The molecule has 1 rings (SSSR count). The molecule has 8 heteroatoms. The Kier molecular flexibility index (Phi) is 8.18. The van der Waals surface area contributed by atoms with Crippen LogP contribution in [0.4, 0.5) is 0 Å². The van der Waals surface area contributed by atoms with Gasteiger partial charge in [-0.15, -0.1) is 0 Å². The summed E-state index contributed by atoms with van der Waals surface area (Å²) in [5, 5.41) is 37.2. The highest BCUT2D eigenvalue weighted by Crippen LogP contribution is 2.25. The van der Waals surface area contributed by atoms with Gasteiger partial charge >= 0.3 is 5.97 Å². The molecule has 0 saturated heterocycles. The second kappa shape index (κ2) is 9.62. The van der Waals surface area contributed by atoms with Gasteiger partial charge in [0.2, 0.25) is 5.76 Å². The second-order valence-corrected chi connectivity index (χ2v) is 4.99. The molecule has 0 amide bonds. The first-order chi connectivity index (χ1) is 10.5. The van der Waals surface area contributed by atoms with Gasteiger partial charge < -0.3 is 34.6 Å². The second-order valence-electron chi connectivity index (χ2n) is 4.99. The van der Waals surface area contributed by atoms with E-state index in [1.54, 1.807) is 0 Å². The number of esters is 1. The first-order valence-electron chi connectivity index (χ1n) is 7.33. The van der Waals surface area contributed by atoms with Crippen molar-refractivity contribution in [2.24, 2.45) is 0 Å². The Morgan fingerprint density at radius 1 is 1.27 bits per heavy atom. The fraction of sp³-hybridized carbons (Fsp3) is 0.786. The number of carbonyl (C=O) groups is 1. The zero-order valence-corrected chi connectivity index (χ0v) is 12.6. The van der Waals surface area contributed by atoms with Crippen LogP contribution < -0.4 is 0 Å². The van der Waals surface area contributed by atoms with Crippen molar-refractivity contribution >= 4 is 5.97 Å². The summed E-state index contributed by atoms with van der Waals surface area (Å²) in [5.41, 5.74) is 0. The molecule has 0 aromatic rings. The number of unbranched alkanes of at least 4 members (excludes halogenated alkanes) is 2. The molecular formula is C14H24O8. The topological polar surface area (TPSA) is 126 Å². The van der Waals surface area contributed by atoms with E-state index in [2.05, 4.69) is 0 Å².